The third-order valence-corrected chi connectivity index (χ3v) is 3.73. The molecular weight excluding hydrogens is 346 g/mol. The van der Waals surface area contributed by atoms with Crippen LogP contribution < -0.4 is 0 Å². The van der Waals surface area contributed by atoms with E-state index in [0.29, 0.717) is 31.1 Å². The number of carbonyl (C=O) groups excluding carboxylic acids is 1. The van der Waals surface area contributed by atoms with Crippen molar-refractivity contribution < 1.29 is 14.3 Å². The first-order valence-electron chi connectivity index (χ1n) is 6.29. The fourth-order valence-electron chi connectivity index (χ4n) is 1.73. The first kappa shape index (κ1) is 17.4. The largest absolute Gasteiger partial charge is 0.469 e. The molecule has 112 valence electrons. The van der Waals surface area contributed by atoms with Gasteiger partial charge in [-0.3, -0.25) is 9.69 Å². The van der Waals surface area contributed by atoms with Crippen LogP contribution in [0.2, 0.25) is 5.02 Å². The summed E-state index contributed by atoms with van der Waals surface area (Å²) in [6.07, 6.45) is 0.356. The molecular formula is C14H19BrClNO3. The van der Waals surface area contributed by atoms with Crippen molar-refractivity contribution in [3.63, 3.8) is 0 Å². The average Bonchev–Trinajstić information content (AvgIpc) is 2.43. The zero-order chi connectivity index (χ0) is 15.0. The maximum absolute atomic E-state index is 11.2. The zero-order valence-corrected chi connectivity index (χ0v) is 14.0. The number of methoxy groups -OCH3 is 2. The maximum Gasteiger partial charge on any atom is 0.306 e. The molecule has 0 atom stereocenters. The van der Waals surface area contributed by atoms with E-state index in [1.54, 1.807) is 7.11 Å². The first-order valence-corrected chi connectivity index (χ1v) is 7.46. The van der Waals surface area contributed by atoms with Gasteiger partial charge in [0.15, 0.2) is 0 Å². The summed E-state index contributed by atoms with van der Waals surface area (Å²) in [6, 6.07) is 5.80. The highest BCUT2D eigenvalue weighted by Gasteiger charge is 2.11. The van der Waals surface area contributed by atoms with Crippen LogP contribution in [0.3, 0.4) is 0 Å². The molecule has 0 spiro atoms. The minimum atomic E-state index is -0.214. The molecule has 1 rings (SSSR count). The van der Waals surface area contributed by atoms with Crippen molar-refractivity contribution in [3.05, 3.63) is 33.3 Å². The molecule has 0 bridgehead atoms. The summed E-state index contributed by atoms with van der Waals surface area (Å²) in [4.78, 5) is 13.4. The Morgan fingerprint density at radius 3 is 2.70 bits per heavy atom. The molecule has 0 aromatic heterocycles. The lowest BCUT2D eigenvalue weighted by molar-refractivity contribution is -0.141. The van der Waals surface area contributed by atoms with Crippen molar-refractivity contribution in [2.75, 3.05) is 33.9 Å². The smallest absolute Gasteiger partial charge is 0.306 e. The van der Waals surface area contributed by atoms with Gasteiger partial charge in [-0.05, 0) is 17.7 Å². The third kappa shape index (κ3) is 6.22. The van der Waals surface area contributed by atoms with Crippen LogP contribution in [0.15, 0.2) is 22.7 Å². The molecule has 0 N–H and O–H groups in total. The van der Waals surface area contributed by atoms with Crippen LogP contribution in [0, 0.1) is 0 Å². The van der Waals surface area contributed by atoms with Crippen molar-refractivity contribution in [3.8, 4) is 0 Å². The van der Waals surface area contributed by atoms with Gasteiger partial charge in [0.1, 0.15) is 0 Å². The molecule has 0 fully saturated rings. The number of benzene rings is 1. The summed E-state index contributed by atoms with van der Waals surface area (Å²) in [5, 5.41) is 0.708. The molecule has 0 radical (unpaired) electrons. The van der Waals surface area contributed by atoms with Crippen molar-refractivity contribution >= 4 is 33.5 Å². The Kier molecular flexibility index (Phi) is 8.14. The van der Waals surface area contributed by atoms with Crippen LogP contribution in [0.25, 0.3) is 0 Å². The van der Waals surface area contributed by atoms with Gasteiger partial charge in [-0.25, -0.2) is 0 Å². The van der Waals surface area contributed by atoms with Crippen LogP contribution in [-0.4, -0.2) is 44.8 Å². The van der Waals surface area contributed by atoms with Gasteiger partial charge in [-0.2, -0.15) is 0 Å². The molecule has 0 saturated carbocycles. The second-order valence-corrected chi connectivity index (χ2v) is 5.65. The van der Waals surface area contributed by atoms with E-state index >= 15 is 0 Å². The van der Waals surface area contributed by atoms with E-state index in [0.717, 1.165) is 16.6 Å². The molecule has 20 heavy (non-hydrogen) atoms. The number of esters is 1. The minimum absolute atomic E-state index is 0.214. The monoisotopic (exact) mass is 363 g/mol. The van der Waals surface area contributed by atoms with Gasteiger partial charge in [0.25, 0.3) is 0 Å². The molecule has 0 unspecified atom stereocenters. The van der Waals surface area contributed by atoms with Gasteiger partial charge in [-0.1, -0.05) is 33.6 Å². The Hall–Kier alpha value is -0.620. The van der Waals surface area contributed by atoms with Crippen molar-refractivity contribution in [1.82, 2.24) is 4.90 Å². The fourth-order valence-corrected chi connectivity index (χ4v) is 2.47. The average molecular weight is 365 g/mol. The van der Waals surface area contributed by atoms with E-state index in [1.807, 2.05) is 18.2 Å². The van der Waals surface area contributed by atoms with Crippen molar-refractivity contribution in [2.24, 2.45) is 0 Å². The fraction of sp³-hybridized carbons (Fsp3) is 0.500. The topological polar surface area (TPSA) is 38.8 Å². The van der Waals surface area contributed by atoms with E-state index in [-0.39, 0.29) is 5.97 Å². The Balaban J connectivity index is 2.65. The molecule has 0 aliphatic carbocycles. The summed E-state index contributed by atoms with van der Waals surface area (Å²) in [5.41, 5.74) is 1.02. The van der Waals surface area contributed by atoms with E-state index in [9.17, 15) is 4.79 Å². The second kappa shape index (κ2) is 9.34. The summed E-state index contributed by atoms with van der Waals surface area (Å²) in [6.45, 7) is 2.63. The molecule has 0 saturated heterocycles. The van der Waals surface area contributed by atoms with Gasteiger partial charge in [0.05, 0.1) is 20.1 Å². The van der Waals surface area contributed by atoms with Crippen LogP contribution in [0.4, 0.5) is 0 Å². The van der Waals surface area contributed by atoms with Gasteiger partial charge in [0.2, 0.25) is 0 Å². The molecule has 4 nitrogen and oxygen atoms in total. The van der Waals surface area contributed by atoms with E-state index in [4.69, 9.17) is 16.3 Å². The highest BCUT2D eigenvalue weighted by molar-refractivity contribution is 9.10. The van der Waals surface area contributed by atoms with Gasteiger partial charge in [0, 0.05) is 36.2 Å². The lowest BCUT2D eigenvalue weighted by Crippen LogP contribution is -2.29. The van der Waals surface area contributed by atoms with Crippen LogP contribution >= 0.6 is 27.5 Å². The number of ether oxygens (including phenoxy) is 2. The lowest BCUT2D eigenvalue weighted by Gasteiger charge is -2.22. The number of carbonyl (C=O) groups is 1. The van der Waals surface area contributed by atoms with Crippen LogP contribution in [0.1, 0.15) is 12.0 Å². The van der Waals surface area contributed by atoms with Gasteiger partial charge < -0.3 is 9.47 Å². The Morgan fingerprint density at radius 2 is 2.10 bits per heavy atom. The Bertz CT molecular complexity index is 442. The first-order chi connectivity index (χ1) is 9.56. The minimum Gasteiger partial charge on any atom is -0.469 e. The predicted octanol–water partition coefficient (Wildman–Crippen LogP) is 3.11. The van der Waals surface area contributed by atoms with Crippen molar-refractivity contribution in [2.45, 2.75) is 13.0 Å². The lowest BCUT2D eigenvalue weighted by atomic mass is 10.2. The molecule has 0 aliphatic heterocycles. The second-order valence-electron chi connectivity index (χ2n) is 4.33. The molecule has 0 amide bonds. The normalized spacial score (nSPS) is 10.8. The number of hydrogen-bond donors (Lipinski definition) is 0. The summed E-state index contributed by atoms with van der Waals surface area (Å²) < 4.78 is 10.7. The van der Waals surface area contributed by atoms with E-state index in [2.05, 4.69) is 25.6 Å². The number of rotatable bonds is 8. The Labute approximate surface area is 133 Å². The van der Waals surface area contributed by atoms with Crippen molar-refractivity contribution in [1.29, 1.82) is 0 Å². The molecule has 1 aromatic carbocycles. The predicted molar refractivity (Wildman–Crippen MR) is 82.9 cm³/mol. The number of hydrogen-bond acceptors (Lipinski definition) is 4. The standard InChI is InChI=1S/C14H19BrClNO3/c1-19-8-7-17(6-5-14(18)20-2)10-11-3-4-12(15)9-13(11)16/h3-4,9H,5-8,10H2,1-2H3. The molecule has 0 heterocycles. The number of nitrogens with zero attached hydrogens (tertiary/aromatic N) is 1. The Morgan fingerprint density at radius 1 is 1.35 bits per heavy atom. The highest BCUT2D eigenvalue weighted by atomic mass is 79.9. The van der Waals surface area contributed by atoms with E-state index in [1.165, 1.54) is 7.11 Å². The molecule has 1 aromatic rings. The summed E-state index contributed by atoms with van der Waals surface area (Å²) >= 11 is 9.60. The molecule has 0 aliphatic rings. The SMILES string of the molecule is COCCN(CCC(=O)OC)Cc1ccc(Br)cc1Cl. The highest BCUT2D eigenvalue weighted by Crippen LogP contribution is 2.22. The summed E-state index contributed by atoms with van der Waals surface area (Å²) in [5.74, 6) is -0.214. The van der Waals surface area contributed by atoms with E-state index < -0.39 is 0 Å². The van der Waals surface area contributed by atoms with Crippen LogP contribution in [-0.2, 0) is 20.8 Å². The van der Waals surface area contributed by atoms with Gasteiger partial charge in [-0.15, -0.1) is 0 Å². The number of halogens is 2. The van der Waals surface area contributed by atoms with Crippen LogP contribution in [0.5, 0.6) is 0 Å². The molecule has 6 heteroatoms. The van der Waals surface area contributed by atoms with Gasteiger partial charge >= 0.3 is 5.97 Å². The summed E-state index contributed by atoms with van der Waals surface area (Å²) in [7, 11) is 3.05. The quantitative estimate of drug-likeness (QED) is 0.664. The zero-order valence-electron chi connectivity index (χ0n) is 11.7. The third-order valence-electron chi connectivity index (χ3n) is 2.88. The maximum atomic E-state index is 11.2.